The van der Waals surface area contributed by atoms with E-state index in [1.807, 2.05) is 0 Å². The van der Waals surface area contributed by atoms with Crippen molar-refractivity contribution in [2.75, 3.05) is 0 Å². The van der Waals surface area contributed by atoms with Crippen LogP contribution >= 0.6 is 0 Å². The van der Waals surface area contributed by atoms with Crippen molar-refractivity contribution in [1.29, 1.82) is 0 Å². The minimum atomic E-state index is -4.60. The molecular weight excluding hydrogens is 128 g/mol. The molecule has 0 aliphatic carbocycles. The van der Waals surface area contributed by atoms with Gasteiger partial charge in [0.25, 0.3) is 6.29 Å². The SMILES string of the molecule is O=[C]C(F)(F)C(F)F. The van der Waals surface area contributed by atoms with Gasteiger partial charge in [0.1, 0.15) is 0 Å². The van der Waals surface area contributed by atoms with Gasteiger partial charge in [-0.2, -0.15) is 8.78 Å². The summed E-state index contributed by atoms with van der Waals surface area (Å²) in [6, 6.07) is 0. The van der Waals surface area contributed by atoms with Crippen molar-refractivity contribution in [1.82, 2.24) is 0 Å². The largest absolute Gasteiger partial charge is 0.372 e. The molecule has 0 aliphatic rings. The monoisotopic (exact) mass is 129 g/mol. The number of halogens is 4. The van der Waals surface area contributed by atoms with Crippen LogP contribution in [0.15, 0.2) is 0 Å². The smallest absolute Gasteiger partial charge is 0.283 e. The second kappa shape index (κ2) is 2.11. The van der Waals surface area contributed by atoms with Crippen LogP contribution in [0.25, 0.3) is 0 Å². The molecule has 0 fully saturated rings. The molecule has 0 atom stereocenters. The third-order valence-electron chi connectivity index (χ3n) is 0.410. The van der Waals surface area contributed by atoms with E-state index in [1.165, 1.54) is 0 Å². The summed E-state index contributed by atoms with van der Waals surface area (Å²) in [6.07, 6.45) is -4.04. The first-order valence-corrected chi connectivity index (χ1v) is 1.56. The predicted molar refractivity (Wildman–Crippen MR) is 16.6 cm³/mol. The molecule has 47 valence electrons. The van der Waals surface area contributed by atoms with E-state index < -0.39 is 12.3 Å². The van der Waals surface area contributed by atoms with Gasteiger partial charge in [-0.1, -0.05) is 0 Å². The molecule has 0 rings (SSSR count). The molecule has 8 heavy (non-hydrogen) atoms. The van der Waals surface area contributed by atoms with E-state index in [9.17, 15) is 17.6 Å². The molecular formula is C3HF4O. The molecule has 0 amide bonds. The maximum Gasteiger partial charge on any atom is 0.372 e. The van der Waals surface area contributed by atoms with E-state index in [1.54, 1.807) is 0 Å². The van der Waals surface area contributed by atoms with Crippen LogP contribution in [0.2, 0.25) is 0 Å². The molecule has 1 nitrogen and oxygen atoms in total. The molecule has 0 saturated carbocycles. The standard InChI is InChI=1S/C3HF4O/c4-2(5)3(6,7)1-8/h2H. The molecule has 0 unspecified atom stereocenters. The van der Waals surface area contributed by atoms with Gasteiger partial charge in [0.05, 0.1) is 0 Å². The van der Waals surface area contributed by atoms with Crippen molar-refractivity contribution >= 4 is 6.29 Å². The molecule has 0 heterocycles. The molecule has 0 N–H and O–H groups in total. The quantitative estimate of drug-likeness (QED) is 0.508. The third-order valence-corrected chi connectivity index (χ3v) is 0.410. The van der Waals surface area contributed by atoms with Crippen LogP contribution in [0.3, 0.4) is 0 Å². The van der Waals surface area contributed by atoms with Gasteiger partial charge < -0.3 is 0 Å². The number of hydrogen-bond acceptors (Lipinski definition) is 1. The van der Waals surface area contributed by atoms with Crippen LogP contribution in [-0.4, -0.2) is 18.6 Å². The Labute approximate surface area is 42.3 Å². The van der Waals surface area contributed by atoms with Gasteiger partial charge in [-0.25, -0.2) is 8.78 Å². The Bertz CT molecular complexity index is 89.3. The van der Waals surface area contributed by atoms with Crippen LogP contribution < -0.4 is 0 Å². The number of carbonyl (C=O) groups excluding carboxylic acids is 1. The van der Waals surface area contributed by atoms with E-state index in [0.29, 0.717) is 0 Å². The highest BCUT2D eigenvalue weighted by Crippen LogP contribution is 2.18. The van der Waals surface area contributed by atoms with Crippen molar-refractivity contribution in [3.8, 4) is 0 Å². The summed E-state index contributed by atoms with van der Waals surface area (Å²) in [5.41, 5.74) is 0. The Hall–Kier alpha value is -0.610. The van der Waals surface area contributed by atoms with E-state index in [4.69, 9.17) is 4.79 Å². The van der Waals surface area contributed by atoms with Gasteiger partial charge >= 0.3 is 12.3 Å². The highest BCUT2D eigenvalue weighted by molar-refractivity contribution is 5.61. The Morgan fingerprint density at radius 1 is 1.38 bits per heavy atom. The first-order chi connectivity index (χ1) is 3.50. The molecule has 0 aromatic carbocycles. The van der Waals surface area contributed by atoms with E-state index >= 15 is 0 Å². The zero-order valence-corrected chi connectivity index (χ0v) is 3.50. The number of rotatable bonds is 2. The fourth-order valence-corrected chi connectivity index (χ4v) is 0.0445. The summed E-state index contributed by atoms with van der Waals surface area (Å²) in [5.74, 6) is -4.60. The summed E-state index contributed by atoms with van der Waals surface area (Å²) in [4.78, 5) is 8.91. The fraction of sp³-hybridized carbons (Fsp3) is 0.667. The minimum absolute atomic E-state index is 0.0926. The van der Waals surface area contributed by atoms with Gasteiger partial charge in [-0.15, -0.1) is 0 Å². The second-order valence-electron chi connectivity index (χ2n) is 1.03. The van der Waals surface area contributed by atoms with Crippen LogP contribution in [-0.2, 0) is 4.79 Å². The van der Waals surface area contributed by atoms with Gasteiger partial charge in [0.2, 0.25) is 0 Å². The zero-order chi connectivity index (χ0) is 6.78. The molecule has 1 radical (unpaired) electrons. The fourth-order valence-electron chi connectivity index (χ4n) is 0.0445. The topological polar surface area (TPSA) is 17.1 Å². The van der Waals surface area contributed by atoms with E-state index in [2.05, 4.69) is 0 Å². The minimum Gasteiger partial charge on any atom is -0.283 e. The molecule has 0 spiro atoms. The predicted octanol–water partition coefficient (Wildman–Crippen LogP) is 0.996. The highest BCUT2D eigenvalue weighted by atomic mass is 19.3. The van der Waals surface area contributed by atoms with Crippen molar-refractivity contribution in [3.63, 3.8) is 0 Å². The Balaban J connectivity index is 3.90. The lowest BCUT2D eigenvalue weighted by Gasteiger charge is -2.02. The first kappa shape index (κ1) is 7.39. The molecule has 0 bridgehead atoms. The van der Waals surface area contributed by atoms with Crippen LogP contribution in [0.5, 0.6) is 0 Å². The van der Waals surface area contributed by atoms with Gasteiger partial charge in [0.15, 0.2) is 0 Å². The van der Waals surface area contributed by atoms with Crippen molar-refractivity contribution in [2.24, 2.45) is 0 Å². The van der Waals surface area contributed by atoms with Crippen molar-refractivity contribution in [2.45, 2.75) is 12.3 Å². The van der Waals surface area contributed by atoms with Crippen LogP contribution in [0.4, 0.5) is 17.6 Å². The summed E-state index contributed by atoms with van der Waals surface area (Å²) < 4.78 is 43.8. The molecule has 5 heteroatoms. The highest BCUT2D eigenvalue weighted by Gasteiger charge is 2.41. The van der Waals surface area contributed by atoms with Gasteiger partial charge in [-0.3, -0.25) is 4.79 Å². The molecule has 0 aromatic rings. The maximum atomic E-state index is 11.1. The summed E-state index contributed by atoms with van der Waals surface area (Å²) in [5, 5.41) is 0. The average Bonchev–Trinajstić information content (AvgIpc) is 1.67. The third kappa shape index (κ3) is 1.48. The van der Waals surface area contributed by atoms with Crippen LogP contribution in [0.1, 0.15) is 0 Å². The van der Waals surface area contributed by atoms with Crippen molar-refractivity contribution < 1.29 is 22.4 Å². The summed E-state index contributed by atoms with van der Waals surface area (Å²) >= 11 is 0. The van der Waals surface area contributed by atoms with Gasteiger partial charge in [0, 0.05) is 0 Å². The van der Waals surface area contributed by atoms with Crippen LogP contribution in [0, 0.1) is 0 Å². The molecule has 0 aromatic heterocycles. The Kier molecular flexibility index (Phi) is 1.94. The second-order valence-corrected chi connectivity index (χ2v) is 1.03. The lowest BCUT2D eigenvalue weighted by Crippen LogP contribution is -2.27. The normalized spacial score (nSPS) is 12.1. The lowest BCUT2D eigenvalue weighted by molar-refractivity contribution is -0.0757. The number of hydrogen-bond donors (Lipinski definition) is 0. The molecule has 0 saturated heterocycles. The molecule has 0 aliphatic heterocycles. The Morgan fingerprint density at radius 2 is 1.75 bits per heavy atom. The zero-order valence-electron chi connectivity index (χ0n) is 3.50. The lowest BCUT2D eigenvalue weighted by atomic mass is 10.4. The first-order valence-electron chi connectivity index (χ1n) is 1.56. The van der Waals surface area contributed by atoms with Crippen molar-refractivity contribution in [3.05, 3.63) is 0 Å². The average molecular weight is 129 g/mol. The number of alkyl halides is 4. The summed E-state index contributed by atoms with van der Waals surface area (Å²) in [7, 11) is 0. The maximum absolute atomic E-state index is 11.1. The summed E-state index contributed by atoms with van der Waals surface area (Å²) in [6.45, 7) is 0. The Morgan fingerprint density at radius 3 is 1.75 bits per heavy atom. The van der Waals surface area contributed by atoms with Gasteiger partial charge in [-0.05, 0) is 0 Å². The van der Waals surface area contributed by atoms with E-state index in [-0.39, 0.29) is 6.29 Å². The van der Waals surface area contributed by atoms with E-state index in [0.717, 1.165) is 0 Å².